The maximum Gasteiger partial charge on any atom is 0.270 e. The first-order valence-electron chi connectivity index (χ1n) is 7.94. The van der Waals surface area contributed by atoms with Crippen LogP contribution in [0, 0.1) is 10.1 Å². The first-order valence-corrected chi connectivity index (χ1v) is 9.76. The van der Waals surface area contributed by atoms with Gasteiger partial charge in [-0.3, -0.25) is 14.4 Å². The lowest BCUT2D eigenvalue weighted by molar-refractivity contribution is -0.385. The van der Waals surface area contributed by atoms with Gasteiger partial charge in [0, 0.05) is 17.2 Å². The summed E-state index contributed by atoms with van der Waals surface area (Å²) < 4.78 is 27.7. The number of para-hydroxylation sites is 1. The lowest BCUT2D eigenvalue weighted by Crippen LogP contribution is -2.30. The Kier molecular flexibility index (Phi) is 5.43. The minimum Gasteiger partial charge on any atom is -0.262 e. The van der Waals surface area contributed by atoms with Gasteiger partial charge in [0.1, 0.15) is 0 Å². The van der Waals surface area contributed by atoms with Crippen LogP contribution in [0.5, 0.6) is 0 Å². The molecule has 0 aromatic heterocycles. The van der Waals surface area contributed by atoms with E-state index in [9.17, 15) is 18.5 Å². The van der Waals surface area contributed by atoms with Crippen molar-refractivity contribution >= 4 is 33.0 Å². The molecule has 138 valence electrons. The van der Waals surface area contributed by atoms with E-state index >= 15 is 0 Å². The summed E-state index contributed by atoms with van der Waals surface area (Å²) in [5.74, 6) is 0. The predicted molar refractivity (Wildman–Crippen MR) is 104 cm³/mol. The molecule has 3 aromatic rings. The van der Waals surface area contributed by atoms with Gasteiger partial charge in [-0.05, 0) is 35.9 Å². The van der Waals surface area contributed by atoms with Crippen LogP contribution in [-0.4, -0.2) is 13.3 Å². The van der Waals surface area contributed by atoms with E-state index < -0.39 is 14.9 Å². The summed E-state index contributed by atoms with van der Waals surface area (Å²) in [4.78, 5) is 10.3. The average Bonchev–Trinajstić information content (AvgIpc) is 2.68. The van der Waals surface area contributed by atoms with Crippen LogP contribution in [0.15, 0.2) is 83.8 Å². The molecule has 0 N–H and O–H groups in total. The van der Waals surface area contributed by atoms with Crippen molar-refractivity contribution in [3.05, 3.63) is 99.6 Å². The van der Waals surface area contributed by atoms with E-state index in [-0.39, 0.29) is 17.1 Å². The third-order valence-corrected chi connectivity index (χ3v) is 5.92. The molecule has 0 aliphatic heterocycles. The minimum atomic E-state index is -4.02. The summed E-state index contributed by atoms with van der Waals surface area (Å²) in [6, 6.07) is 20.4. The molecule has 0 atom stereocenters. The van der Waals surface area contributed by atoms with E-state index in [2.05, 4.69) is 0 Å². The summed E-state index contributed by atoms with van der Waals surface area (Å²) in [5.41, 5.74) is 0.909. The fourth-order valence-electron chi connectivity index (χ4n) is 2.55. The molecule has 3 rings (SSSR count). The van der Waals surface area contributed by atoms with Crippen LogP contribution in [0.2, 0.25) is 5.02 Å². The van der Waals surface area contributed by atoms with Gasteiger partial charge in [-0.15, -0.1) is 0 Å². The van der Waals surface area contributed by atoms with E-state index in [1.165, 1.54) is 22.5 Å². The monoisotopic (exact) mass is 402 g/mol. The number of nitro groups is 1. The Labute approximate surface area is 161 Å². The van der Waals surface area contributed by atoms with Crippen LogP contribution in [0.1, 0.15) is 5.56 Å². The molecule has 0 amide bonds. The summed E-state index contributed by atoms with van der Waals surface area (Å²) in [5, 5.41) is 11.6. The van der Waals surface area contributed by atoms with E-state index in [4.69, 9.17) is 11.6 Å². The number of anilines is 1. The van der Waals surface area contributed by atoms with Gasteiger partial charge in [0.2, 0.25) is 0 Å². The topological polar surface area (TPSA) is 80.5 Å². The number of hydrogen-bond donors (Lipinski definition) is 0. The molecule has 3 aromatic carbocycles. The third kappa shape index (κ3) is 4.27. The highest BCUT2D eigenvalue weighted by atomic mass is 35.5. The second kappa shape index (κ2) is 7.77. The van der Waals surface area contributed by atoms with Crippen LogP contribution in [-0.2, 0) is 16.6 Å². The van der Waals surface area contributed by atoms with Crippen LogP contribution < -0.4 is 4.31 Å². The van der Waals surface area contributed by atoms with Gasteiger partial charge in [0.15, 0.2) is 0 Å². The van der Waals surface area contributed by atoms with Gasteiger partial charge >= 0.3 is 0 Å². The minimum absolute atomic E-state index is 0.0617. The molecule has 0 heterocycles. The zero-order valence-electron chi connectivity index (χ0n) is 14.0. The normalized spacial score (nSPS) is 11.1. The molecule has 0 aliphatic carbocycles. The van der Waals surface area contributed by atoms with Gasteiger partial charge in [0.25, 0.3) is 15.7 Å². The fourth-order valence-corrected chi connectivity index (χ4v) is 4.17. The Bertz CT molecular complexity index is 1050. The van der Waals surface area contributed by atoms with E-state index in [1.807, 2.05) is 0 Å². The standard InChI is InChI=1S/C19H15ClN2O4S/c20-16-11-9-15(10-12-16)14-21(17-5-2-1-3-6-17)27(25,26)19-8-4-7-18(13-19)22(23)24/h1-13H,14H2. The van der Waals surface area contributed by atoms with Crippen molar-refractivity contribution in [2.45, 2.75) is 11.4 Å². The summed E-state index contributed by atoms with van der Waals surface area (Å²) in [6.45, 7) is 0.0617. The molecule has 0 saturated heterocycles. The number of nitro benzene ring substituents is 1. The molecular weight excluding hydrogens is 388 g/mol. The molecule has 6 nitrogen and oxygen atoms in total. The van der Waals surface area contributed by atoms with Crippen LogP contribution >= 0.6 is 11.6 Å². The number of halogens is 1. The summed E-state index contributed by atoms with van der Waals surface area (Å²) in [7, 11) is -4.02. The van der Waals surface area contributed by atoms with Crippen molar-refractivity contribution in [2.75, 3.05) is 4.31 Å². The van der Waals surface area contributed by atoms with Crippen molar-refractivity contribution in [2.24, 2.45) is 0 Å². The lowest BCUT2D eigenvalue weighted by atomic mass is 10.2. The third-order valence-electron chi connectivity index (χ3n) is 3.90. The van der Waals surface area contributed by atoms with Crippen molar-refractivity contribution in [3.63, 3.8) is 0 Å². The van der Waals surface area contributed by atoms with Gasteiger partial charge in [-0.1, -0.05) is 48.0 Å². The largest absolute Gasteiger partial charge is 0.270 e. The Balaban J connectivity index is 2.07. The first-order chi connectivity index (χ1) is 12.9. The summed E-state index contributed by atoms with van der Waals surface area (Å²) >= 11 is 5.90. The van der Waals surface area contributed by atoms with Gasteiger partial charge in [0.05, 0.1) is 22.1 Å². The molecule has 0 fully saturated rings. The number of nitrogens with zero attached hydrogens (tertiary/aromatic N) is 2. The molecule has 0 aliphatic rings. The van der Waals surface area contributed by atoms with Crippen molar-refractivity contribution in [1.82, 2.24) is 0 Å². The Hall–Kier alpha value is -2.90. The van der Waals surface area contributed by atoms with Crippen molar-refractivity contribution < 1.29 is 13.3 Å². The van der Waals surface area contributed by atoms with Crippen LogP contribution in [0.25, 0.3) is 0 Å². The molecule has 0 bridgehead atoms. The number of hydrogen-bond acceptors (Lipinski definition) is 4. The maximum atomic E-state index is 13.3. The highest BCUT2D eigenvalue weighted by Gasteiger charge is 2.26. The zero-order chi connectivity index (χ0) is 19.4. The van der Waals surface area contributed by atoms with Gasteiger partial charge < -0.3 is 0 Å². The Morgan fingerprint density at radius 3 is 2.22 bits per heavy atom. The van der Waals surface area contributed by atoms with E-state index in [0.717, 1.165) is 11.6 Å². The molecule has 8 heteroatoms. The number of non-ortho nitro benzene ring substituents is 1. The van der Waals surface area contributed by atoms with E-state index in [0.29, 0.717) is 10.7 Å². The lowest BCUT2D eigenvalue weighted by Gasteiger charge is -2.24. The number of rotatable bonds is 6. The SMILES string of the molecule is O=[N+]([O-])c1cccc(S(=O)(=O)N(Cc2ccc(Cl)cc2)c2ccccc2)c1. The average molecular weight is 403 g/mol. The Morgan fingerprint density at radius 2 is 1.59 bits per heavy atom. The van der Waals surface area contributed by atoms with Gasteiger partial charge in [-0.2, -0.15) is 0 Å². The first kappa shape index (κ1) is 18.9. The predicted octanol–water partition coefficient (Wildman–Crippen LogP) is 4.64. The van der Waals surface area contributed by atoms with Gasteiger partial charge in [-0.25, -0.2) is 8.42 Å². The fraction of sp³-hybridized carbons (Fsp3) is 0.0526. The molecular formula is C19H15ClN2O4S. The van der Waals surface area contributed by atoms with Crippen LogP contribution in [0.4, 0.5) is 11.4 Å². The second-order valence-corrected chi connectivity index (χ2v) is 8.03. The number of sulfonamides is 1. The smallest absolute Gasteiger partial charge is 0.262 e. The molecule has 27 heavy (non-hydrogen) atoms. The van der Waals surface area contributed by atoms with Crippen molar-refractivity contribution in [1.29, 1.82) is 0 Å². The highest BCUT2D eigenvalue weighted by molar-refractivity contribution is 7.92. The van der Waals surface area contributed by atoms with E-state index in [1.54, 1.807) is 54.6 Å². The zero-order valence-corrected chi connectivity index (χ0v) is 15.6. The molecule has 0 unspecified atom stereocenters. The van der Waals surface area contributed by atoms with Crippen molar-refractivity contribution in [3.8, 4) is 0 Å². The molecule has 0 radical (unpaired) electrons. The summed E-state index contributed by atoms with van der Waals surface area (Å²) in [6.07, 6.45) is 0. The molecule has 0 saturated carbocycles. The second-order valence-electron chi connectivity index (χ2n) is 5.73. The maximum absolute atomic E-state index is 13.3. The quantitative estimate of drug-likeness (QED) is 0.444. The Morgan fingerprint density at radius 1 is 0.926 bits per heavy atom. The van der Waals surface area contributed by atoms with Crippen LogP contribution in [0.3, 0.4) is 0 Å². The molecule has 0 spiro atoms. The number of benzene rings is 3. The highest BCUT2D eigenvalue weighted by Crippen LogP contribution is 2.28.